The third kappa shape index (κ3) is 9.65. The Morgan fingerprint density at radius 1 is 0.538 bits per heavy atom. The molecule has 0 fully saturated rings. The Labute approximate surface area is 258 Å². The van der Waals surface area contributed by atoms with Gasteiger partial charge in [-0.1, -0.05) is 83.4 Å². The Morgan fingerprint density at radius 2 is 0.821 bits per heavy atom. The maximum Gasteiger partial charge on any atom is 4.00 e. The van der Waals surface area contributed by atoms with E-state index in [0.29, 0.717) is 0 Å². The van der Waals surface area contributed by atoms with E-state index in [4.69, 9.17) is 0 Å². The van der Waals surface area contributed by atoms with Gasteiger partial charge < -0.3 is 9.41 Å². The third-order valence-electron chi connectivity index (χ3n) is 8.06. The van der Waals surface area contributed by atoms with Gasteiger partial charge in [-0.05, 0) is 48.3 Å². The molecule has 0 aliphatic heterocycles. The largest absolute Gasteiger partial charge is 4.00 e. The molecule has 0 radical (unpaired) electrons. The Morgan fingerprint density at radius 3 is 1.08 bits per heavy atom. The van der Waals surface area contributed by atoms with Gasteiger partial charge in [-0.2, -0.15) is 12.1 Å². The van der Waals surface area contributed by atoms with Crippen LogP contribution in [0, 0.1) is 0 Å². The van der Waals surface area contributed by atoms with Crippen LogP contribution in [0.25, 0.3) is 21.5 Å². The molecule has 0 aliphatic carbocycles. The topological polar surface area (TPSA) is 0 Å². The number of rotatable bonds is 10. The molecule has 0 N–H and O–H groups in total. The molecule has 39 heavy (non-hydrogen) atoms. The summed E-state index contributed by atoms with van der Waals surface area (Å²) in [6.45, 7) is 19.0. The summed E-state index contributed by atoms with van der Waals surface area (Å²) in [5, 5.41) is 8.85. The molecule has 4 atom stereocenters. The average Bonchev–Trinajstić information content (AvgIpc) is 3.52. The van der Waals surface area contributed by atoms with E-state index in [1.165, 1.54) is 47.2 Å². The fourth-order valence-corrected chi connectivity index (χ4v) is 11.7. The first-order valence-electron chi connectivity index (χ1n) is 14.2. The molecule has 4 unspecified atom stereocenters. The van der Waals surface area contributed by atoms with Gasteiger partial charge in [0, 0.05) is 0 Å². The summed E-state index contributed by atoms with van der Waals surface area (Å²) in [6.07, 6.45) is 5.16. The number of hydrogen-bond donors (Lipinski definition) is 0. The van der Waals surface area contributed by atoms with Crippen LogP contribution in [0.4, 0.5) is 0 Å². The van der Waals surface area contributed by atoms with Crippen molar-refractivity contribution in [3.8, 4) is 0 Å². The molecule has 4 aromatic carbocycles. The van der Waals surface area contributed by atoms with Crippen LogP contribution in [0.2, 0.25) is 0 Å². The first-order chi connectivity index (χ1) is 17.3. The minimum absolute atomic E-state index is 0. The van der Waals surface area contributed by atoms with E-state index in [2.05, 4.69) is 128 Å². The number of hydrogen-bond acceptors (Lipinski definition) is 0. The number of benzene rings is 2. The Bertz CT molecular complexity index is 1020. The zero-order valence-electron chi connectivity index (χ0n) is 25.2. The smallest absolute Gasteiger partial charge is 1.00 e. The molecule has 212 valence electrons. The van der Waals surface area contributed by atoms with Crippen LogP contribution < -0.4 is 20.0 Å². The third-order valence-corrected chi connectivity index (χ3v) is 15.0. The summed E-state index contributed by atoms with van der Waals surface area (Å²) < 4.78 is 0. The molecule has 0 saturated heterocycles. The van der Waals surface area contributed by atoms with E-state index < -0.39 is 0 Å². The molecule has 0 nitrogen and oxygen atoms in total. The summed E-state index contributed by atoms with van der Waals surface area (Å²) in [5.41, 5.74) is 3.30. The average molecular weight is 735 g/mol. The van der Waals surface area contributed by atoms with Gasteiger partial charge in [0.05, 0.1) is 0 Å². The van der Waals surface area contributed by atoms with Crippen molar-refractivity contribution in [3.05, 3.63) is 72.8 Å². The Balaban J connectivity index is 0.000000688. The molecule has 0 aliphatic rings. The van der Waals surface area contributed by atoms with E-state index >= 15 is 0 Å². The molecule has 0 bridgehead atoms. The minimum atomic E-state index is -0.0252. The van der Waals surface area contributed by atoms with Crippen molar-refractivity contribution < 1.29 is 35.3 Å². The Kier molecular flexibility index (Phi) is 18.3. The maximum atomic E-state index is 2.43. The summed E-state index contributed by atoms with van der Waals surface area (Å²) in [5.74, 6) is 0. The summed E-state index contributed by atoms with van der Waals surface area (Å²) in [7, 11) is -0.0504. The quantitative estimate of drug-likeness (QED) is 0.128. The molecule has 4 rings (SSSR count). The van der Waals surface area contributed by atoms with Crippen LogP contribution in [-0.4, -0.2) is 22.6 Å². The zero-order chi connectivity index (χ0) is 26.2. The van der Waals surface area contributed by atoms with Crippen molar-refractivity contribution in [2.75, 3.05) is 0 Å². The standard InChI is InChI=1S/2C17H24P.2FH.Hf/c2*1-5-13(3)18(14(4)6-2)17-11-15-9-7-8-10-16(15)12-17;;;/h2*7-14H,5-6H2,1-4H3;2*1H;/q2*-1;;;+4/p-2. The van der Waals surface area contributed by atoms with Gasteiger partial charge in [-0.15, -0.1) is 80.7 Å². The second-order valence-corrected chi connectivity index (χ2v) is 16.7. The van der Waals surface area contributed by atoms with Gasteiger partial charge in [0.1, 0.15) is 0 Å². The predicted molar refractivity (Wildman–Crippen MR) is 171 cm³/mol. The van der Waals surface area contributed by atoms with Crippen LogP contribution in [0.3, 0.4) is 0 Å². The van der Waals surface area contributed by atoms with Crippen LogP contribution in [0.1, 0.15) is 81.1 Å². The first-order valence-corrected chi connectivity index (χ1v) is 17.2. The maximum absolute atomic E-state index is 2.43. The minimum Gasteiger partial charge on any atom is -1.00 e. The van der Waals surface area contributed by atoms with E-state index in [-0.39, 0.29) is 51.1 Å². The fourth-order valence-electron chi connectivity index (χ4n) is 5.24. The normalized spacial score (nSPS) is 15.4. The predicted octanol–water partition coefficient (Wildman–Crippen LogP) is 4.53. The van der Waals surface area contributed by atoms with Crippen LogP contribution in [-0.2, 0) is 25.8 Å². The first kappa shape index (κ1) is 38.3. The van der Waals surface area contributed by atoms with Crippen LogP contribution in [0.5, 0.6) is 0 Å². The van der Waals surface area contributed by atoms with Crippen molar-refractivity contribution in [2.45, 2.75) is 104 Å². The van der Waals surface area contributed by atoms with Gasteiger partial charge in [0.25, 0.3) is 0 Å². The molecule has 0 heterocycles. The van der Waals surface area contributed by atoms with E-state index in [1.807, 2.05) is 0 Å². The van der Waals surface area contributed by atoms with Crippen molar-refractivity contribution in [1.82, 2.24) is 0 Å². The molecule has 5 heteroatoms. The van der Waals surface area contributed by atoms with Crippen molar-refractivity contribution in [2.24, 2.45) is 0 Å². The number of halogens is 2. The van der Waals surface area contributed by atoms with Crippen molar-refractivity contribution in [1.29, 1.82) is 0 Å². The molecule has 0 saturated carbocycles. The zero-order valence-corrected chi connectivity index (χ0v) is 30.6. The van der Waals surface area contributed by atoms with Gasteiger partial charge in [-0.3, -0.25) is 0 Å². The second kappa shape index (κ2) is 18.6. The SMILES string of the molecule is CCC(C)P(c1cc2ccccc2[cH-]1)C(C)CC.CCC(C)P(c1cc2ccccc2[cH-]1)C(C)CC.[F-].[F-].[Hf+4]. The molecule has 4 aromatic rings. The van der Waals surface area contributed by atoms with Crippen LogP contribution >= 0.6 is 15.8 Å². The van der Waals surface area contributed by atoms with E-state index in [1.54, 1.807) is 10.6 Å². The molecule has 0 aromatic heterocycles. The molecule has 0 spiro atoms. The van der Waals surface area contributed by atoms with Crippen LogP contribution in [0.15, 0.2) is 72.8 Å². The Hall–Kier alpha value is -0.750. The van der Waals surface area contributed by atoms with Gasteiger partial charge in [0.2, 0.25) is 0 Å². The number of fused-ring (bicyclic) bond motifs is 2. The van der Waals surface area contributed by atoms with Gasteiger partial charge in [0.15, 0.2) is 0 Å². The monoisotopic (exact) mass is 736 g/mol. The molecular formula is C34H48F2HfP2. The van der Waals surface area contributed by atoms with Crippen molar-refractivity contribution in [3.63, 3.8) is 0 Å². The summed E-state index contributed by atoms with van der Waals surface area (Å²) >= 11 is 0. The van der Waals surface area contributed by atoms with E-state index in [0.717, 1.165) is 22.6 Å². The van der Waals surface area contributed by atoms with Crippen molar-refractivity contribution >= 4 is 48.0 Å². The summed E-state index contributed by atoms with van der Waals surface area (Å²) in [4.78, 5) is 0. The fraction of sp³-hybridized carbons (Fsp3) is 0.471. The summed E-state index contributed by atoms with van der Waals surface area (Å²) in [6, 6.07) is 27.2. The molecule has 0 amide bonds. The van der Waals surface area contributed by atoms with E-state index in [9.17, 15) is 0 Å². The second-order valence-electron chi connectivity index (χ2n) is 10.5. The molecular weight excluding hydrogens is 687 g/mol. The van der Waals surface area contributed by atoms with Gasteiger partial charge >= 0.3 is 25.8 Å². The van der Waals surface area contributed by atoms with Gasteiger partial charge in [-0.25, -0.2) is 0 Å².